The van der Waals surface area contributed by atoms with Crippen LogP contribution >= 0.6 is 11.6 Å². The van der Waals surface area contributed by atoms with E-state index in [9.17, 15) is 4.79 Å². The van der Waals surface area contributed by atoms with Crippen LogP contribution in [0.15, 0.2) is 36.5 Å². The van der Waals surface area contributed by atoms with Crippen LogP contribution in [0.4, 0.5) is 11.4 Å². The number of halogens is 1. The molecule has 0 radical (unpaired) electrons. The minimum Gasteiger partial charge on any atom is -0.496 e. The number of carbonyl (C=O) groups is 1. The number of pyridine rings is 1. The number of anilines is 2. The Hall–Kier alpha value is -3.30. The number of hydrogen-bond acceptors (Lipinski definition) is 7. The Kier molecular flexibility index (Phi) is 5.76. The Morgan fingerprint density at radius 3 is 2.75 bits per heavy atom. The molecule has 6 rings (SSSR count). The Labute approximate surface area is 214 Å². The maximum atomic E-state index is 12.2. The second-order valence-electron chi connectivity index (χ2n) is 9.99. The molecule has 10 heteroatoms. The van der Waals surface area contributed by atoms with E-state index in [2.05, 4.69) is 56.4 Å². The van der Waals surface area contributed by atoms with Crippen molar-refractivity contribution < 1.29 is 9.53 Å². The van der Waals surface area contributed by atoms with Crippen LogP contribution in [-0.4, -0.2) is 72.1 Å². The zero-order valence-corrected chi connectivity index (χ0v) is 21.1. The Morgan fingerprint density at radius 2 is 2.00 bits per heavy atom. The van der Waals surface area contributed by atoms with Crippen LogP contribution in [0.5, 0.6) is 5.75 Å². The van der Waals surface area contributed by atoms with Gasteiger partial charge in [-0.2, -0.15) is 0 Å². The van der Waals surface area contributed by atoms with Crippen molar-refractivity contribution in [1.82, 2.24) is 19.9 Å². The van der Waals surface area contributed by atoms with Crippen molar-refractivity contribution in [3.63, 3.8) is 0 Å². The number of amides is 1. The van der Waals surface area contributed by atoms with Crippen molar-refractivity contribution in [2.75, 3.05) is 50.6 Å². The first-order valence-corrected chi connectivity index (χ1v) is 12.7. The lowest BCUT2D eigenvalue weighted by atomic mass is 9.88. The molecule has 2 bridgehead atoms. The van der Waals surface area contributed by atoms with E-state index in [1.54, 1.807) is 13.3 Å². The molecule has 4 atom stereocenters. The largest absolute Gasteiger partial charge is 0.496 e. The van der Waals surface area contributed by atoms with Gasteiger partial charge in [0.1, 0.15) is 17.1 Å². The molecule has 1 saturated heterocycles. The number of aromatic nitrogens is 3. The molecule has 9 nitrogen and oxygen atoms in total. The number of nitrogens with two attached hydrogens (primary N) is 1. The van der Waals surface area contributed by atoms with Crippen molar-refractivity contribution in [2.24, 2.45) is 23.5 Å². The average molecular weight is 508 g/mol. The first kappa shape index (κ1) is 23.1. The average Bonchev–Trinajstić information content (AvgIpc) is 3.60. The summed E-state index contributed by atoms with van der Waals surface area (Å²) in [6.45, 7) is 4.02. The van der Waals surface area contributed by atoms with Crippen LogP contribution < -0.4 is 20.7 Å². The fraction of sp³-hybridized carbons (Fsp3) is 0.423. The number of piperazine rings is 1. The molecule has 1 aliphatic heterocycles. The van der Waals surface area contributed by atoms with Crippen molar-refractivity contribution >= 4 is 40.0 Å². The van der Waals surface area contributed by atoms with Crippen molar-refractivity contribution in [3.05, 3.63) is 41.6 Å². The molecular formula is C26H30ClN7O2. The maximum Gasteiger partial charge on any atom is 0.223 e. The van der Waals surface area contributed by atoms with Gasteiger partial charge in [0.25, 0.3) is 0 Å². The summed E-state index contributed by atoms with van der Waals surface area (Å²) in [6.07, 6.45) is 6.78. The summed E-state index contributed by atoms with van der Waals surface area (Å²) in [7, 11) is 3.82. The Balaban J connectivity index is 1.34. The lowest BCUT2D eigenvalue weighted by molar-refractivity contribution is -0.122. The number of carbonyl (C=O) groups excluding carboxylic acids is 1. The zero-order valence-electron chi connectivity index (χ0n) is 20.4. The highest BCUT2D eigenvalue weighted by Crippen LogP contribution is 2.46. The molecule has 188 valence electrons. The Bertz CT molecular complexity index is 1350. The SMILES string of the molecule is COc1cc(N2CCN(C)CC2)ccc1-c1nc2ncc(Cl)c(N[C@H]3[C@@H](C(N)=O)[C@@H]4C=C[C@@H]3C4)c2[nH]1. The van der Waals surface area contributed by atoms with Gasteiger partial charge in [-0.3, -0.25) is 4.79 Å². The minimum atomic E-state index is -0.291. The number of methoxy groups -OCH3 is 1. The van der Waals surface area contributed by atoms with Gasteiger partial charge in [-0.25, -0.2) is 9.97 Å². The number of H-pyrrole nitrogens is 1. The van der Waals surface area contributed by atoms with E-state index in [-0.39, 0.29) is 29.7 Å². The monoisotopic (exact) mass is 507 g/mol. The van der Waals surface area contributed by atoms with Gasteiger partial charge in [0, 0.05) is 44.0 Å². The number of nitrogens with one attached hydrogen (secondary N) is 2. The van der Waals surface area contributed by atoms with Crippen molar-refractivity contribution in [2.45, 2.75) is 12.5 Å². The smallest absolute Gasteiger partial charge is 0.223 e. The van der Waals surface area contributed by atoms with E-state index < -0.39 is 0 Å². The maximum absolute atomic E-state index is 12.2. The highest BCUT2D eigenvalue weighted by molar-refractivity contribution is 6.34. The Morgan fingerprint density at radius 1 is 1.22 bits per heavy atom. The van der Waals surface area contributed by atoms with Crippen LogP contribution in [0.25, 0.3) is 22.6 Å². The third kappa shape index (κ3) is 3.87. The van der Waals surface area contributed by atoms with Gasteiger partial charge in [-0.15, -0.1) is 0 Å². The summed E-state index contributed by atoms with van der Waals surface area (Å²) in [5.74, 6) is 1.21. The number of imidazole rings is 1. The molecule has 3 aromatic rings. The summed E-state index contributed by atoms with van der Waals surface area (Å²) >= 11 is 6.60. The van der Waals surface area contributed by atoms with E-state index in [1.807, 2.05) is 6.07 Å². The van der Waals surface area contributed by atoms with Gasteiger partial charge in [0.05, 0.1) is 35.5 Å². The van der Waals surface area contributed by atoms with E-state index >= 15 is 0 Å². The lowest BCUT2D eigenvalue weighted by Gasteiger charge is -2.34. The van der Waals surface area contributed by atoms with E-state index in [0.29, 0.717) is 27.7 Å². The number of hydrogen-bond donors (Lipinski definition) is 3. The molecule has 0 spiro atoms. The topological polar surface area (TPSA) is 112 Å². The molecule has 1 aromatic carbocycles. The first-order chi connectivity index (χ1) is 17.4. The number of benzene rings is 1. The molecule has 2 aromatic heterocycles. The number of ether oxygens (including phenoxy) is 1. The molecule has 36 heavy (non-hydrogen) atoms. The summed E-state index contributed by atoms with van der Waals surface area (Å²) < 4.78 is 5.77. The van der Waals surface area contributed by atoms with Gasteiger partial charge < -0.3 is 30.6 Å². The molecule has 2 aliphatic carbocycles. The zero-order chi connectivity index (χ0) is 25.0. The van der Waals surface area contributed by atoms with Gasteiger partial charge in [-0.1, -0.05) is 23.8 Å². The third-order valence-corrected chi connectivity index (χ3v) is 8.17. The van der Waals surface area contributed by atoms with Gasteiger partial charge in [0.15, 0.2) is 5.65 Å². The number of allylic oxidation sites excluding steroid dienone is 1. The molecular weight excluding hydrogens is 478 g/mol. The molecule has 1 saturated carbocycles. The van der Waals surface area contributed by atoms with Crippen LogP contribution in [0.3, 0.4) is 0 Å². The molecule has 4 N–H and O–H groups in total. The normalized spacial score (nSPS) is 25.6. The number of rotatable bonds is 6. The van der Waals surface area contributed by atoms with E-state index in [4.69, 9.17) is 27.1 Å². The van der Waals surface area contributed by atoms with Crippen LogP contribution in [0.1, 0.15) is 6.42 Å². The fourth-order valence-electron chi connectivity index (χ4n) is 5.91. The summed E-state index contributed by atoms with van der Waals surface area (Å²) in [5, 5.41) is 3.99. The third-order valence-electron chi connectivity index (χ3n) is 7.88. The van der Waals surface area contributed by atoms with Crippen molar-refractivity contribution in [1.29, 1.82) is 0 Å². The molecule has 3 aliphatic rings. The van der Waals surface area contributed by atoms with E-state index in [1.165, 1.54) is 0 Å². The van der Waals surface area contributed by atoms with Crippen molar-refractivity contribution in [3.8, 4) is 17.1 Å². The minimum absolute atomic E-state index is 0.121. The van der Waals surface area contributed by atoms with Crippen LogP contribution in [0.2, 0.25) is 5.02 Å². The molecule has 0 unspecified atom stereocenters. The number of aromatic amines is 1. The second-order valence-corrected chi connectivity index (χ2v) is 10.4. The number of likely N-dealkylation sites (N-methyl/N-ethyl adjacent to an activating group) is 1. The van der Waals surface area contributed by atoms with Crippen LogP contribution in [-0.2, 0) is 4.79 Å². The molecule has 2 fully saturated rings. The van der Waals surface area contributed by atoms with Crippen LogP contribution in [0, 0.1) is 17.8 Å². The molecule has 3 heterocycles. The quantitative estimate of drug-likeness (QED) is 0.439. The van der Waals surface area contributed by atoms with Gasteiger partial charge in [-0.05, 0) is 37.4 Å². The van der Waals surface area contributed by atoms with Gasteiger partial charge >= 0.3 is 0 Å². The first-order valence-electron chi connectivity index (χ1n) is 12.3. The fourth-order valence-corrected chi connectivity index (χ4v) is 6.11. The highest BCUT2D eigenvalue weighted by Gasteiger charge is 2.47. The summed E-state index contributed by atoms with van der Waals surface area (Å²) in [5.41, 5.74) is 9.65. The molecule has 1 amide bonds. The summed E-state index contributed by atoms with van der Waals surface area (Å²) in [4.78, 5) is 29.5. The number of nitrogens with zero attached hydrogens (tertiary/aromatic N) is 4. The highest BCUT2D eigenvalue weighted by atomic mass is 35.5. The number of fused-ring (bicyclic) bond motifs is 3. The van der Waals surface area contributed by atoms with Gasteiger partial charge in [0.2, 0.25) is 5.91 Å². The number of primary amides is 1. The standard InChI is InChI=1S/C26H30ClN7O2/c1-33-7-9-34(10-8-33)16-5-6-17(19(12-16)36-2)25-31-23-22(18(27)13-29-26(23)32-25)30-21-15-4-3-14(11-15)20(21)24(28)35/h3-6,12-15,20-21H,7-11H2,1-2H3,(H2,28,35)(H2,29,30,31,32)/t14-,15-,20+,21-/m1/s1. The second kappa shape index (κ2) is 8.97. The predicted molar refractivity (Wildman–Crippen MR) is 141 cm³/mol. The van der Waals surface area contributed by atoms with E-state index in [0.717, 1.165) is 49.6 Å². The lowest BCUT2D eigenvalue weighted by Crippen LogP contribution is -2.44. The predicted octanol–water partition coefficient (Wildman–Crippen LogP) is 3.13. The summed E-state index contributed by atoms with van der Waals surface area (Å²) in [6, 6.07) is 6.08.